The fraction of sp³-hybridized carbons (Fsp3) is 0.857. The monoisotopic (exact) mass is 253 g/mol. The molecule has 0 spiro atoms. The lowest BCUT2D eigenvalue weighted by molar-refractivity contribution is -0.162. The van der Waals surface area contributed by atoms with Crippen LogP contribution in [0, 0.1) is 11.3 Å². The van der Waals surface area contributed by atoms with E-state index >= 15 is 0 Å². The number of hydrogen-bond acceptors (Lipinski definition) is 2. The second-order valence-electron chi connectivity index (χ2n) is 5.79. The van der Waals surface area contributed by atoms with Gasteiger partial charge in [-0.1, -0.05) is 38.5 Å². The molecule has 2 aliphatic carbocycles. The third kappa shape index (κ3) is 2.68. The molecule has 2 saturated carbocycles. The van der Waals surface area contributed by atoms with Crippen LogP contribution >= 0.6 is 0 Å². The average Bonchev–Trinajstić information content (AvgIpc) is 2.28. The largest absolute Gasteiger partial charge is 0.480 e. The summed E-state index contributed by atoms with van der Waals surface area (Å²) >= 11 is 0. The minimum atomic E-state index is -1.10. The first-order valence-corrected chi connectivity index (χ1v) is 7.17. The number of aliphatic carboxylic acids is 1. The predicted molar refractivity (Wildman–Crippen MR) is 68.1 cm³/mol. The highest BCUT2D eigenvalue weighted by atomic mass is 16.4. The van der Waals surface area contributed by atoms with E-state index in [-0.39, 0.29) is 5.91 Å². The maximum atomic E-state index is 11.9. The van der Waals surface area contributed by atoms with E-state index in [0.29, 0.717) is 19.4 Å². The summed E-state index contributed by atoms with van der Waals surface area (Å²) in [6.07, 6.45) is 9.32. The summed E-state index contributed by atoms with van der Waals surface area (Å²) in [7, 11) is 0. The Kier molecular flexibility index (Phi) is 4.25. The maximum Gasteiger partial charge on any atom is 0.319 e. The van der Waals surface area contributed by atoms with Gasteiger partial charge in [0.15, 0.2) is 0 Å². The summed E-state index contributed by atoms with van der Waals surface area (Å²) < 4.78 is 0. The van der Waals surface area contributed by atoms with Gasteiger partial charge in [-0.3, -0.25) is 9.59 Å². The maximum absolute atomic E-state index is 11.9. The summed E-state index contributed by atoms with van der Waals surface area (Å²) in [6.45, 7) is 0.637. The van der Waals surface area contributed by atoms with Crippen molar-refractivity contribution in [2.24, 2.45) is 11.3 Å². The molecule has 4 nitrogen and oxygen atoms in total. The van der Waals surface area contributed by atoms with Crippen LogP contribution < -0.4 is 5.32 Å². The van der Waals surface area contributed by atoms with Gasteiger partial charge in [0.2, 0.25) is 5.91 Å². The Morgan fingerprint density at radius 2 is 1.78 bits per heavy atom. The van der Waals surface area contributed by atoms with Crippen LogP contribution in [-0.2, 0) is 9.59 Å². The molecule has 0 aromatic heterocycles. The molecule has 2 rings (SSSR count). The molecule has 0 bridgehead atoms. The Balaban J connectivity index is 1.72. The molecule has 1 amide bonds. The number of nitrogens with one attached hydrogen (secondary N) is 1. The van der Waals surface area contributed by atoms with Gasteiger partial charge in [0, 0.05) is 6.54 Å². The van der Waals surface area contributed by atoms with Crippen LogP contribution in [0.3, 0.4) is 0 Å². The lowest BCUT2D eigenvalue weighted by Gasteiger charge is -2.36. The van der Waals surface area contributed by atoms with E-state index in [1.54, 1.807) is 0 Å². The van der Waals surface area contributed by atoms with Gasteiger partial charge < -0.3 is 10.4 Å². The fourth-order valence-corrected chi connectivity index (χ4v) is 3.10. The zero-order valence-electron chi connectivity index (χ0n) is 10.9. The first-order valence-electron chi connectivity index (χ1n) is 7.17. The molecule has 0 atom stereocenters. The molecule has 18 heavy (non-hydrogen) atoms. The number of rotatable bonds is 5. The normalized spacial score (nSPS) is 23.1. The molecule has 2 fully saturated rings. The molecule has 4 heteroatoms. The predicted octanol–water partition coefficient (Wildman–Crippen LogP) is 2.33. The average molecular weight is 253 g/mol. The Hall–Kier alpha value is -1.06. The molecular weight excluding hydrogens is 230 g/mol. The minimum absolute atomic E-state index is 0.267. The van der Waals surface area contributed by atoms with Crippen molar-refractivity contribution in [2.75, 3.05) is 6.54 Å². The van der Waals surface area contributed by atoms with Crippen LogP contribution in [0.4, 0.5) is 0 Å². The van der Waals surface area contributed by atoms with Crippen molar-refractivity contribution in [2.45, 2.75) is 57.8 Å². The van der Waals surface area contributed by atoms with Crippen molar-refractivity contribution in [3.8, 4) is 0 Å². The highest BCUT2D eigenvalue weighted by Crippen LogP contribution is 2.41. The molecular formula is C14H23NO3. The van der Waals surface area contributed by atoms with Crippen molar-refractivity contribution in [3.63, 3.8) is 0 Å². The number of carbonyl (C=O) groups excluding carboxylic acids is 1. The number of carboxylic acids is 1. The topological polar surface area (TPSA) is 66.4 Å². The third-order valence-corrected chi connectivity index (χ3v) is 4.61. The van der Waals surface area contributed by atoms with E-state index < -0.39 is 11.4 Å². The van der Waals surface area contributed by atoms with Crippen molar-refractivity contribution >= 4 is 11.9 Å². The van der Waals surface area contributed by atoms with Crippen LogP contribution in [-0.4, -0.2) is 23.5 Å². The van der Waals surface area contributed by atoms with Crippen LogP contribution in [0.25, 0.3) is 0 Å². The summed E-state index contributed by atoms with van der Waals surface area (Å²) in [5.41, 5.74) is -1.10. The van der Waals surface area contributed by atoms with Gasteiger partial charge in [-0.15, -0.1) is 0 Å². The van der Waals surface area contributed by atoms with Gasteiger partial charge in [-0.2, -0.15) is 0 Å². The molecule has 0 heterocycles. The van der Waals surface area contributed by atoms with Gasteiger partial charge in [-0.05, 0) is 25.2 Å². The smallest absolute Gasteiger partial charge is 0.319 e. The Morgan fingerprint density at radius 3 is 2.28 bits per heavy atom. The number of hydrogen-bond donors (Lipinski definition) is 2. The van der Waals surface area contributed by atoms with Crippen LogP contribution in [0.2, 0.25) is 0 Å². The molecule has 0 unspecified atom stereocenters. The molecule has 0 aromatic rings. The highest BCUT2D eigenvalue weighted by molar-refractivity contribution is 6.02. The Morgan fingerprint density at radius 1 is 1.11 bits per heavy atom. The fourth-order valence-electron chi connectivity index (χ4n) is 3.10. The summed E-state index contributed by atoms with van der Waals surface area (Å²) in [6, 6.07) is 0. The second kappa shape index (κ2) is 5.72. The van der Waals surface area contributed by atoms with Crippen LogP contribution in [0.15, 0.2) is 0 Å². The summed E-state index contributed by atoms with van der Waals surface area (Å²) in [5.74, 6) is -0.498. The summed E-state index contributed by atoms with van der Waals surface area (Å²) in [4.78, 5) is 23.1. The van der Waals surface area contributed by atoms with Gasteiger partial charge in [-0.25, -0.2) is 0 Å². The zero-order chi connectivity index (χ0) is 13.0. The van der Waals surface area contributed by atoms with E-state index in [1.807, 2.05) is 0 Å². The van der Waals surface area contributed by atoms with Gasteiger partial charge in [0.25, 0.3) is 0 Å². The quantitative estimate of drug-likeness (QED) is 0.739. The molecule has 2 N–H and O–H groups in total. The van der Waals surface area contributed by atoms with E-state index in [0.717, 1.165) is 18.8 Å². The number of carbonyl (C=O) groups is 2. The lowest BCUT2D eigenvalue weighted by atomic mass is 9.68. The number of amides is 1. The molecule has 0 saturated heterocycles. The van der Waals surface area contributed by atoms with Crippen molar-refractivity contribution in [1.82, 2.24) is 5.32 Å². The lowest BCUT2D eigenvalue weighted by Crippen LogP contribution is -2.51. The molecule has 0 radical (unpaired) electrons. The summed E-state index contributed by atoms with van der Waals surface area (Å²) in [5, 5.41) is 12.0. The van der Waals surface area contributed by atoms with Gasteiger partial charge in [0.05, 0.1) is 0 Å². The third-order valence-electron chi connectivity index (χ3n) is 4.61. The Bertz CT molecular complexity index is 317. The molecule has 2 aliphatic rings. The van der Waals surface area contributed by atoms with Crippen LogP contribution in [0.5, 0.6) is 0 Å². The molecule has 0 aromatic carbocycles. The minimum Gasteiger partial charge on any atom is -0.480 e. The van der Waals surface area contributed by atoms with E-state index in [9.17, 15) is 9.59 Å². The standard InChI is InChI=1S/C14H23NO3/c16-12(14(13(17)18)8-4-9-14)15-10-7-11-5-2-1-3-6-11/h11H,1-10H2,(H,15,16)(H,17,18). The van der Waals surface area contributed by atoms with Crippen molar-refractivity contribution in [1.29, 1.82) is 0 Å². The van der Waals surface area contributed by atoms with Crippen molar-refractivity contribution < 1.29 is 14.7 Å². The second-order valence-corrected chi connectivity index (χ2v) is 5.79. The van der Waals surface area contributed by atoms with Gasteiger partial charge in [0.1, 0.15) is 5.41 Å². The SMILES string of the molecule is O=C(O)C1(C(=O)NCCC2CCCCC2)CCC1. The first-order chi connectivity index (χ1) is 8.65. The van der Waals surface area contributed by atoms with Gasteiger partial charge >= 0.3 is 5.97 Å². The van der Waals surface area contributed by atoms with E-state index in [2.05, 4.69) is 5.32 Å². The molecule has 102 valence electrons. The van der Waals surface area contributed by atoms with E-state index in [1.165, 1.54) is 32.1 Å². The zero-order valence-corrected chi connectivity index (χ0v) is 10.9. The first kappa shape index (κ1) is 13.4. The Labute approximate surface area is 108 Å². The molecule has 0 aliphatic heterocycles. The highest BCUT2D eigenvalue weighted by Gasteiger charge is 2.50. The van der Waals surface area contributed by atoms with Crippen molar-refractivity contribution in [3.05, 3.63) is 0 Å². The van der Waals surface area contributed by atoms with E-state index in [4.69, 9.17) is 5.11 Å². The van der Waals surface area contributed by atoms with Crippen LogP contribution in [0.1, 0.15) is 57.8 Å². The number of carboxylic acid groups (broad SMARTS) is 1.